The Kier molecular flexibility index (Phi) is 7.93. The Morgan fingerprint density at radius 1 is 1.09 bits per heavy atom. The average Bonchev–Trinajstić information content (AvgIpc) is 3.62. The molecule has 3 rings (SSSR count). The van der Waals surface area contributed by atoms with Crippen LogP contribution in [0.2, 0.25) is 0 Å². The number of hydrogen-bond donors (Lipinski definition) is 3. The molecule has 7 heteroatoms. The van der Waals surface area contributed by atoms with E-state index in [-0.39, 0.29) is 18.2 Å². The minimum atomic E-state index is -1.29. The van der Waals surface area contributed by atoms with Crippen LogP contribution in [0.4, 0.5) is 4.79 Å². The van der Waals surface area contributed by atoms with Crippen LogP contribution in [-0.2, 0) is 20.7 Å². The van der Waals surface area contributed by atoms with Crippen LogP contribution in [0.3, 0.4) is 0 Å². The SMILES string of the molecule is CC(C)(C)OC(=O)N[C@@H](CC1CC1)C(=O)CC(Cc1ccccc1)C(O)C(=O)NC1CC1. The number of hydrogen-bond acceptors (Lipinski definition) is 5. The van der Waals surface area contributed by atoms with E-state index in [1.165, 1.54) is 0 Å². The molecule has 2 amide bonds. The number of Topliss-reactive ketones (excluding diaryl/α,β-unsaturated/α-hetero) is 1. The quantitative estimate of drug-likeness (QED) is 0.486. The molecule has 1 aromatic rings. The third-order valence-electron chi connectivity index (χ3n) is 5.79. The van der Waals surface area contributed by atoms with E-state index in [1.807, 2.05) is 30.3 Å². The number of alkyl carbamates (subject to hydrolysis) is 1. The molecule has 2 aliphatic rings. The lowest BCUT2D eigenvalue weighted by Crippen LogP contribution is -2.46. The maximum Gasteiger partial charge on any atom is 0.408 e. The molecule has 0 radical (unpaired) electrons. The molecule has 0 saturated heterocycles. The predicted octanol–water partition coefficient (Wildman–Crippen LogP) is 3.14. The Morgan fingerprint density at radius 2 is 1.75 bits per heavy atom. The molecule has 1 aromatic carbocycles. The van der Waals surface area contributed by atoms with Gasteiger partial charge in [-0.2, -0.15) is 0 Å². The van der Waals surface area contributed by atoms with Crippen molar-refractivity contribution in [2.24, 2.45) is 11.8 Å². The van der Waals surface area contributed by atoms with Gasteiger partial charge in [0.1, 0.15) is 11.7 Å². The summed E-state index contributed by atoms with van der Waals surface area (Å²) < 4.78 is 5.34. The van der Waals surface area contributed by atoms with E-state index in [4.69, 9.17) is 4.74 Å². The molecule has 2 unspecified atom stereocenters. The fraction of sp³-hybridized carbons (Fsp3) is 0.640. The van der Waals surface area contributed by atoms with E-state index in [0.29, 0.717) is 18.8 Å². The molecule has 2 aliphatic carbocycles. The summed E-state index contributed by atoms with van der Waals surface area (Å²) in [6.45, 7) is 5.32. The lowest BCUT2D eigenvalue weighted by molar-refractivity contribution is -0.133. The summed E-state index contributed by atoms with van der Waals surface area (Å²) in [5.74, 6) is -0.776. The van der Waals surface area contributed by atoms with Crippen LogP contribution in [0, 0.1) is 11.8 Å². The molecule has 0 aliphatic heterocycles. The van der Waals surface area contributed by atoms with E-state index >= 15 is 0 Å². The highest BCUT2D eigenvalue weighted by Gasteiger charge is 2.36. The van der Waals surface area contributed by atoms with E-state index in [2.05, 4.69) is 10.6 Å². The van der Waals surface area contributed by atoms with Crippen molar-refractivity contribution in [3.8, 4) is 0 Å². The summed E-state index contributed by atoms with van der Waals surface area (Å²) in [5, 5.41) is 16.4. The zero-order valence-electron chi connectivity index (χ0n) is 19.3. The average molecular weight is 445 g/mol. The summed E-state index contributed by atoms with van der Waals surface area (Å²) in [6.07, 6.45) is 2.97. The molecule has 0 spiro atoms. The van der Waals surface area contributed by atoms with Gasteiger partial charge < -0.3 is 20.5 Å². The highest BCUT2D eigenvalue weighted by atomic mass is 16.6. The van der Waals surface area contributed by atoms with E-state index in [0.717, 1.165) is 31.2 Å². The maximum absolute atomic E-state index is 13.3. The van der Waals surface area contributed by atoms with Crippen molar-refractivity contribution in [2.45, 2.75) is 89.5 Å². The van der Waals surface area contributed by atoms with Crippen molar-refractivity contribution < 1.29 is 24.2 Å². The number of nitrogens with one attached hydrogen (secondary N) is 2. The van der Waals surface area contributed by atoms with Crippen molar-refractivity contribution in [3.63, 3.8) is 0 Å². The van der Waals surface area contributed by atoms with Crippen molar-refractivity contribution in [1.29, 1.82) is 0 Å². The minimum Gasteiger partial charge on any atom is -0.444 e. The first-order valence-corrected chi connectivity index (χ1v) is 11.7. The fourth-order valence-electron chi connectivity index (χ4n) is 3.75. The number of carbonyl (C=O) groups is 3. The van der Waals surface area contributed by atoms with Crippen LogP contribution >= 0.6 is 0 Å². The molecular weight excluding hydrogens is 408 g/mol. The van der Waals surface area contributed by atoms with Gasteiger partial charge in [0, 0.05) is 18.4 Å². The predicted molar refractivity (Wildman–Crippen MR) is 121 cm³/mol. The third kappa shape index (κ3) is 8.26. The molecular formula is C25H36N2O5. The summed E-state index contributed by atoms with van der Waals surface area (Å²) >= 11 is 0. The number of ketones is 1. The molecule has 0 heterocycles. The van der Waals surface area contributed by atoms with Gasteiger partial charge in [0.05, 0.1) is 6.04 Å². The van der Waals surface area contributed by atoms with Crippen LogP contribution in [0.5, 0.6) is 0 Å². The number of amides is 2. The zero-order valence-corrected chi connectivity index (χ0v) is 19.3. The van der Waals surface area contributed by atoms with Crippen LogP contribution in [0.15, 0.2) is 30.3 Å². The Hall–Kier alpha value is -2.41. The summed E-state index contributed by atoms with van der Waals surface area (Å²) in [7, 11) is 0. The highest BCUT2D eigenvalue weighted by Crippen LogP contribution is 2.34. The Morgan fingerprint density at radius 3 is 2.31 bits per heavy atom. The van der Waals surface area contributed by atoms with E-state index < -0.39 is 35.7 Å². The van der Waals surface area contributed by atoms with Crippen molar-refractivity contribution in [3.05, 3.63) is 35.9 Å². The van der Waals surface area contributed by atoms with Crippen molar-refractivity contribution in [1.82, 2.24) is 10.6 Å². The molecule has 0 bridgehead atoms. The second-order valence-electron chi connectivity index (χ2n) is 10.2. The van der Waals surface area contributed by atoms with Gasteiger partial charge in [0.25, 0.3) is 0 Å². The van der Waals surface area contributed by atoms with Crippen LogP contribution in [-0.4, -0.2) is 46.7 Å². The number of carbonyl (C=O) groups excluding carboxylic acids is 3. The molecule has 2 fully saturated rings. The standard InChI is InChI=1S/C25H36N2O5/c1-25(2,3)32-24(31)27-20(14-17-9-10-17)21(28)15-18(13-16-7-5-4-6-8-16)22(29)23(30)26-19-11-12-19/h4-8,17-20,22,29H,9-15H2,1-3H3,(H,26,30)(H,27,31)/t18?,20-,22?/m0/s1. The monoisotopic (exact) mass is 444 g/mol. The molecule has 2 saturated carbocycles. The highest BCUT2D eigenvalue weighted by molar-refractivity contribution is 5.89. The number of aliphatic hydroxyl groups is 1. The smallest absolute Gasteiger partial charge is 0.408 e. The second kappa shape index (κ2) is 10.5. The summed E-state index contributed by atoms with van der Waals surface area (Å²) in [4.78, 5) is 38.1. The molecule has 0 aromatic heterocycles. The molecule has 3 N–H and O–H groups in total. The summed E-state index contributed by atoms with van der Waals surface area (Å²) in [6, 6.07) is 8.97. The topological polar surface area (TPSA) is 105 Å². The molecule has 176 valence electrons. The van der Waals surface area contributed by atoms with Gasteiger partial charge in [-0.05, 0) is 57.9 Å². The van der Waals surface area contributed by atoms with Gasteiger partial charge in [-0.25, -0.2) is 4.79 Å². The summed E-state index contributed by atoms with van der Waals surface area (Å²) in [5.41, 5.74) is 0.284. The number of aliphatic hydroxyl groups excluding tert-OH is 1. The van der Waals surface area contributed by atoms with Crippen LogP contribution in [0.25, 0.3) is 0 Å². The Bertz CT molecular complexity index is 796. The van der Waals surface area contributed by atoms with Gasteiger partial charge in [-0.3, -0.25) is 9.59 Å². The van der Waals surface area contributed by atoms with Gasteiger partial charge in [-0.1, -0.05) is 43.2 Å². The first-order valence-electron chi connectivity index (χ1n) is 11.7. The zero-order chi connectivity index (χ0) is 23.3. The lowest BCUT2D eigenvalue weighted by Gasteiger charge is -2.26. The van der Waals surface area contributed by atoms with Gasteiger partial charge >= 0.3 is 6.09 Å². The van der Waals surface area contributed by atoms with Gasteiger partial charge in [0.2, 0.25) is 5.91 Å². The number of benzene rings is 1. The van der Waals surface area contributed by atoms with E-state index in [1.54, 1.807) is 20.8 Å². The normalized spacial score (nSPS) is 18.9. The van der Waals surface area contributed by atoms with E-state index in [9.17, 15) is 19.5 Å². The maximum atomic E-state index is 13.3. The second-order valence-corrected chi connectivity index (χ2v) is 10.2. The molecule has 7 nitrogen and oxygen atoms in total. The largest absolute Gasteiger partial charge is 0.444 e. The van der Waals surface area contributed by atoms with Crippen LogP contribution in [0.1, 0.15) is 64.9 Å². The number of rotatable bonds is 11. The minimum absolute atomic E-state index is 0.00132. The molecule has 32 heavy (non-hydrogen) atoms. The Balaban J connectivity index is 1.69. The first kappa shape index (κ1) is 24.2. The number of ether oxygens (including phenoxy) is 1. The van der Waals surface area contributed by atoms with Crippen LogP contribution < -0.4 is 10.6 Å². The third-order valence-corrected chi connectivity index (χ3v) is 5.79. The fourth-order valence-corrected chi connectivity index (χ4v) is 3.75. The first-order chi connectivity index (χ1) is 15.1. The van der Waals surface area contributed by atoms with Gasteiger partial charge in [-0.15, -0.1) is 0 Å². The van der Waals surface area contributed by atoms with Crippen molar-refractivity contribution in [2.75, 3.05) is 0 Å². The van der Waals surface area contributed by atoms with Gasteiger partial charge in [0.15, 0.2) is 5.78 Å². The molecule has 3 atom stereocenters. The van der Waals surface area contributed by atoms with Crippen molar-refractivity contribution >= 4 is 17.8 Å². The Labute approximate surface area is 190 Å². The lowest BCUT2D eigenvalue weighted by atomic mass is 9.86.